The summed E-state index contributed by atoms with van der Waals surface area (Å²) in [5.74, 6) is 0. The Kier molecular flexibility index (Phi) is 6.96. The van der Waals surface area contributed by atoms with Gasteiger partial charge in [0.15, 0.2) is 0 Å². The molecule has 0 aromatic carbocycles. The molecule has 0 atom stereocenters. The van der Waals surface area contributed by atoms with E-state index in [0.29, 0.717) is 6.61 Å². The van der Waals surface area contributed by atoms with Gasteiger partial charge in [0.2, 0.25) is 0 Å². The molecule has 96 valence electrons. The summed E-state index contributed by atoms with van der Waals surface area (Å²) in [4.78, 5) is 0. The molecule has 1 rings (SSSR count). The van der Waals surface area contributed by atoms with Gasteiger partial charge in [0.1, 0.15) is 0 Å². The SMILES string of the molecule is OCCCCCCNC1(CO)CCOCC1. The van der Waals surface area contributed by atoms with Crippen molar-refractivity contribution in [2.24, 2.45) is 0 Å². The van der Waals surface area contributed by atoms with E-state index in [-0.39, 0.29) is 12.1 Å². The van der Waals surface area contributed by atoms with Crippen LogP contribution in [-0.2, 0) is 4.74 Å². The summed E-state index contributed by atoms with van der Waals surface area (Å²) in [6, 6.07) is 0. The molecule has 0 radical (unpaired) electrons. The minimum Gasteiger partial charge on any atom is -0.396 e. The number of hydrogen-bond acceptors (Lipinski definition) is 4. The second kappa shape index (κ2) is 8.01. The Hall–Kier alpha value is -0.160. The van der Waals surface area contributed by atoms with Crippen LogP contribution in [0.1, 0.15) is 38.5 Å². The van der Waals surface area contributed by atoms with Crippen molar-refractivity contribution in [1.82, 2.24) is 5.32 Å². The van der Waals surface area contributed by atoms with Crippen molar-refractivity contribution in [3.05, 3.63) is 0 Å². The first-order valence-corrected chi connectivity index (χ1v) is 6.37. The first-order valence-electron chi connectivity index (χ1n) is 6.37. The first-order chi connectivity index (χ1) is 7.83. The normalized spacial score (nSPS) is 19.9. The van der Waals surface area contributed by atoms with Crippen molar-refractivity contribution in [2.75, 3.05) is 33.0 Å². The quantitative estimate of drug-likeness (QED) is 0.537. The smallest absolute Gasteiger partial charge is 0.0615 e. The third-order valence-corrected chi connectivity index (χ3v) is 3.34. The number of hydrogen-bond donors (Lipinski definition) is 3. The van der Waals surface area contributed by atoms with Crippen LogP contribution in [0.5, 0.6) is 0 Å². The number of rotatable bonds is 8. The number of unbranched alkanes of at least 4 members (excludes halogenated alkanes) is 3. The maximum Gasteiger partial charge on any atom is 0.0615 e. The predicted molar refractivity (Wildman–Crippen MR) is 63.4 cm³/mol. The second-order valence-corrected chi connectivity index (χ2v) is 4.62. The van der Waals surface area contributed by atoms with Crippen LogP contribution < -0.4 is 5.32 Å². The van der Waals surface area contributed by atoms with Gasteiger partial charge >= 0.3 is 0 Å². The standard InChI is InChI=1S/C12H25NO3/c14-8-4-2-1-3-7-13-12(11-15)5-9-16-10-6-12/h13-15H,1-11H2. The van der Waals surface area contributed by atoms with Gasteiger partial charge in [-0.25, -0.2) is 0 Å². The van der Waals surface area contributed by atoms with E-state index in [9.17, 15) is 5.11 Å². The van der Waals surface area contributed by atoms with Crippen molar-refractivity contribution in [1.29, 1.82) is 0 Å². The summed E-state index contributed by atoms with van der Waals surface area (Å²) >= 11 is 0. The highest BCUT2D eigenvalue weighted by Gasteiger charge is 2.30. The lowest BCUT2D eigenvalue weighted by Gasteiger charge is -2.36. The van der Waals surface area contributed by atoms with Gasteiger partial charge in [-0.05, 0) is 32.2 Å². The van der Waals surface area contributed by atoms with E-state index in [1.807, 2.05) is 0 Å². The van der Waals surface area contributed by atoms with Crippen molar-refractivity contribution < 1.29 is 14.9 Å². The van der Waals surface area contributed by atoms with Crippen LogP contribution in [0.15, 0.2) is 0 Å². The zero-order valence-corrected chi connectivity index (χ0v) is 10.1. The summed E-state index contributed by atoms with van der Waals surface area (Å²) in [5, 5.41) is 21.5. The fourth-order valence-corrected chi connectivity index (χ4v) is 2.10. The average molecular weight is 231 g/mol. The molecule has 0 spiro atoms. The Bertz CT molecular complexity index is 170. The van der Waals surface area contributed by atoms with E-state index in [2.05, 4.69) is 5.32 Å². The minimum atomic E-state index is -0.102. The van der Waals surface area contributed by atoms with E-state index in [0.717, 1.165) is 58.3 Å². The molecule has 0 amide bonds. The molecule has 0 aromatic heterocycles. The van der Waals surface area contributed by atoms with Crippen LogP contribution in [0.4, 0.5) is 0 Å². The van der Waals surface area contributed by atoms with Crippen LogP contribution >= 0.6 is 0 Å². The van der Waals surface area contributed by atoms with E-state index in [4.69, 9.17) is 9.84 Å². The molecule has 1 heterocycles. The zero-order chi connectivity index (χ0) is 11.7. The fourth-order valence-electron chi connectivity index (χ4n) is 2.10. The van der Waals surface area contributed by atoms with Crippen LogP contribution in [0.2, 0.25) is 0 Å². The molecule has 1 aliphatic heterocycles. The molecule has 16 heavy (non-hydrogen) atoms. The highest BCUT2D eigenvalue weighted by atomic mass is 16.5. The maximum atomic E-state index is 9.43. The van der Waals surface area contributed by atoms with Gasteiger partial charge in [-0.3, -0.25) is 0 Å². The number of nitrogens with one attached hydrogen (secondary N) is 1. The van der Waals surface area contributed by atoms with E-state index < -0.39 is 0 Å². The van der Waals surface area contributed by atoms with Crippen molar-refractivity contribution in [2.45, 2.75) is 44.1 Å². The summed E-state index contributed by atoms with van der Waals surface area (Å²) in [7, 11) is 0. The van der Waals surface area contributed by atoms with E-state index in [1.54, 1.807) is 0 Å². The lowest BCUT2D eigenvalue weighted by molar-refractivity contribution is 0.0120. The molecule has 1 aliphatic rings. The largest absolute Gasteiger partial charge is 0.396 e. The molecule has 0 aromatic rings. The molecule has 0 aliphatic carbocycles. The number of ether oxygens (including phenoxy) is 1. The van der Waals surface area contributed by atoms with Gasteiger partial charge < -0.3 is 20.3 Å². The van der Waals surface area contributed by atoms with Gasteiger partial charge in [0.05, 0.1) is 6.61 Å². The molecule has 1 fully saturated rings. The average Bonchev–Trinajstić information content (AvgIpc) is 2.35. The number of aliphatic hydroxyl groups is 2. The summed E-state index contributed by atoms with van der Waals surface area (Å²) < 4.78 is 5.31. The Morgan fingerprint density at radius 1 is 1.00 bits per heavy atom. The van der Waals surface area contributed by atoms with Crippen LogP contribution in [0.25, 0.3) is 0 Å². The van der Waals surface area contributed by atoms with Crippen LogP contribution in [0, 0.1) is 0 Å². The van der Waals surface area contributed by atoms with Crippen LogP contribution in [0.3, 0.4) is 0 Å². The monoisotopic (exact) mass is 231 g/mol. The lowest BCUT2D eigenvalue weighted by Crippen LogP contribution is -2.52. The van der Waals surface area contributed by atoms with Crippen LogP contribution in [-0.4, -0.2) is 48.7 Å². The lowest BCUT2D eigenvalue weighted by atomic mass is 9.91. The molecule has 3 N–H and O–H groups in total. The Morgan fingerprint density at radius 3 is 2.31 bits per heavy atom. The van der Waals surface area contributed by atoms with Gasteiger partial charge in [-0.2, -0.15) is 0 Å². The predicted octanol–water partition coefficient (Wildman–Crippen LogP) is 0.670. The zero-order valence-electron chi connectivity index (χ0n) is 10.1. The maximum absolute atomic E-state index is 9.43. The van der Waals surface area contributed by atoms with Crippen molar-refractivity contribution in [3.63, 3.8) is 0 Å². The van der Waals surface area contributed by atoms with Gasteiger partial charge in [-0.15, -0.1) is 0 Å². The molecule has 0 saturated carbocycles. The number of aliphatic hydroxyl groups excluding tert-OH is 2. The highest BCUT2D eigenvalue weighted by molar-refractivity contribution is 4.89. The third-order valence-electron chi connectivity index (χ3n) is 3.34. The summed E-state index contributed by atoms with van der Waals surface area (Å²) in [5.41, 5.74) is -0.102. The third kappa shape index (κ3) is 4.78. The van der Waals surface area contributed by atoms with E-state index in [1.165, 1.54) is 0 Å². The molecular weight excluding hydrogens is 206 g/mol. The molecule has 0 bridgehead atoms. The molecule has 1 saturated heterocycles. The highest BCUT2D eigenvalue weighted by Crippen LogP contribution is 2.19. The van der Waals surface area contributed by atoms with Crippen molar-refractivity contribution in [3.8, 4) is 0 Å². The summed E-state index contributed by atoms with van der Waals surface area (Å²) in [6.07, 6.45) is 6.06. The molecule has 4 heteroatoms. The van der Waals surface area contributed by atoms with Gasteiger partial charge in [0, 0.05) is 25.4 Å². The minimum absolute atomic E-state index is 0.102. The van der Waals surface area contributed by atoms with Gasteiger partial charge in [-0.1, -0.05) is 12.8 Å². The van der Waals surface area contributed by atoms with E-state index >= 15 is 0 Å². The summed E-state index contributed by atoms with van der Waals surface area (Å²) in [6.45, 7) is 2.94. The second-order valence-electron chi connectivity index (χ2n) is 4.62. The first kappa shape index (κ1) is 13.9. The van der Waals surface area contributed by atoms with Gasteiger partial charge in [0.25, 0.3) is 0 Å². The van der Waals surface area contributed by atoms with Crippen molar-refractivity contribution >= 4 is 0 Å². The fraction of sp³-hybridized carbons (Fsp3) is 1.00. The Balaban J connectivity index is 2.08. The Morgan fingerprint density at radius 2 is 1.69 bits per heavy atom. The Labute approximate surface area is 98.0 Å². The topological polar surface area (TPSA) is 61.7 Å². The molecular formula is C12H25NO3. The molecule has 4 nitrogen and oxygen atoms in total. The molecule has 0 unspecified atom stereocenters.